The third-order valence-electron chi connectivity index (χ3n) is 5.54. The van der Waals surface area contributed by atoms with E-state index in [1.807, 2.05) is 6.21 Å². The van der Waals surface area contributed by atoms with Crippen LogP contribution in [-0.2, 0) is 0 Å². The van der Waals surface area contributed by atoms with Gasteiger partial charge in [-0.2, -0.15) is 0 Å². The van der Waals surface area contributed by atoms with Crippen molar-refractivity contribution in [3.63, 3.8) is 0 Å². The molecule has 4 nitrogen and oxygen atoms in total. The molecule has 0 aliphatic heterocycles. The minimum atomic E-state index is -0.382. The molecule has 0 radical (unpaired) electrons. The van der Waals surface area contributed by atoms with Crippen LogP contribution in [0.25, 0.3) is 0 Å². The topological polar surface area (TPSA) is 55.5 Å². The van der Waals surface area contributed by atoms with E-state index >= 15 is 0 Å². The zero-order valence-electron chi connectivity index (χ0n) is 13.2. The van der Waals surface area contributed by atoms with Gasteiger partial charge in [0.05, 0.1) is 4.92 Å². The van der Waals surface area contributed by atoms with Gasteiger partial charge in [-0.1, -0.05) is 20.8 Å². The fourth-order valence-electron chi connectivity index (χ4n) is 3.83. The van der Waals surface area contributed by atoms with Crippen molar-refractivity contribution in [3.05, 3.63) is 39.9 Å². The third kappa shape index (κ3) is 2.91. The van der Waals surface area contributed by atoms with E-state index in [1.54, 1.807) is 24.1 Å². The van der Waals surface area contributed by atoms with Gasteiger partial charge in [-0.15, -0.1) is 0 Å². The van der Waals surface area contributed by atoms with Gasteiger partial charge in [0.15, 0.2) is 0 Å². The zero-order chi connectivity index (χ0) is 15.9. The van der Waals surface area contributed by atoms with Crippen LogP contribution in [0.15, 0.2) is 28.7 Å². The highest BCUT2D eigenvalue weighted by Gasteiger charge is 2.60. The molecule has 0 heterocycles. The molecule has 2 saturated carbocycles. The third-order valence-corrected chi connectivity index (χ3v) is 6.69. The van der Waals surface area contributed by atoms with Crippen LogP contribution in [0.3, 0.4) is 0 Å². The minimum Gasteiger partial charge on any atom is -0.258 e. The Morgan fingerprint density at radius 3 is 2.55 bits per heavy atom. The van der Waals surface area contributed by atoms with E-state index in [9.17, 15) is 10.1 Å². The Hall–Kier alpha value is -1.36. The summed E-state index contributed by atoms with van der Waals surface area (Å²) in [6.07, 6.45) is 4.40. The first-order valence-electron chi connectivity index (χ1n) is 7.83. The zero-order valence-corrected chi connectivity index (χ0v) is 14.0. The van der Waals surface area contributed by atoms with Crippen molar-refractivity contribution in [1.82, 2.24) is 0 Å². The van der Waals surface area contributed by atoms with E-state index < -0.39 is 0 Å². The van der Waals surface area contributed by atoms with Crippen LogP contribution in [0.1, 0.15) is 39.2 Å². The molecule has 0 saturated heterocycles. The molecular formula is C17H22N2O2S. The summed E-state index contributed by atoms with van der Waals surface area (Å²) >= 11 is 1.68. The van der Waals surface area contributed by atoms with Crippen molar-refractivity contribution in [2.75, 3.05) is 0 Å². The van der Waals surface area contributed by atoms with Gasteiger partial charge in [0, 0.05) is 23.6 Å². The summed E-state index contributed by atoms with van der Waals surface area (Å²) in [5.74, 6) is 2.50. The lowest BCUT2D eigenvalue weighted by atomic mass is 9.90. The lowest BCUT2D eigenvalue weighted by Crippen LogP contribution is -2.20. The summed E-state index contributed by atoms with van der Waals surface area (Å²) in [6.45, 7) is 7.12. The number of benzene rings is 1. The fraction of sp³-hybridized carbons (Fsp3) is 0.588. The van der Waals surface area contributed by atoms with Crippen LogP contribution in [0.4, 0.5) is 5.69 Å². The van der Waals surface area contributed by atoms with E-state index in [0.29, 0.717) is 16.6 Å². The normalized spacial score (nSPS) is 32.7. The second-order valence-electron chi connectivity index (χ2n) is 7.21. The highest BCUT2D eigenvalue weighted by Crippen LogP contribution is 2.66. The van der Waals surface area contributed by atoms with Crippen LogP contribution in [0.5, 0.6) is 0 Å². The van der Waals surface area contributed by atoms with Gasteiger partial charge >= 0.3 is 0 Å². The molecule has 0 bridgehead atoms. The van der Waals surface area contributed by atoms with Crippen molar-refractivity contribution in [2.24, 2.45) is 27.6 Å². The maximum Gasteiger partial charge on any atom is 0.269 e. The number of nitrogens with zero attached hydrogens (tertiary/aromatic N) is 2. The average Bonchev–Trinajstić information content (AvgIpc) is 3.00. The lowest BCUT2D eigenvalue weighted by Gasteiger charge is -2.25. The largest absolute Gasteiger partial charge is 0.269 e. The van der Waals surface area contributed by atoms with Crippen molar-refractivity contribution < 1.29 is 4.92 Å². The Bertz CT molecular complexity index is 597. The van der Waals surface area contributed by atoms with Gasteiger partial charge < -0.3 is 0 Å². The maximum absolute atomic E-state index is 10.6. The summed E-state index contributed by atoms with van der Waals surface area (Å²) in [5.41, 5.74) is 1.56. The van der Waals surface area contributed by atoms with E-state index in [4.69, 9.17) is 0 Å². The molecule has 0 unspecified atom stereocenters. The number of hydrogen-bond donors (Lipinski definition) is 0. The molecule has 2 aliphatic carbocycles. The van der Waals surface area contributed by atoms with Gasteiger partial charge in [-0.25, -0.2) is 4.40 Å². The number of fused-ring (bicyclic) bond motifs is 1. The number of rotatable bonds is 4. The highest BCUT2D eigenvalue weighted by atomic mass is 32.2. The first kappa shape index (κ1) is 15.5. The summed E-state index contributed by atoms with van der Waals surface area (Å²) < 4.78 is 4.51. The molecule has 0 amide bonds. The SMILES string of the molecule is C[C@@H]1C[C@H]2[C@@H](C[C@@H]1S/N=C/c1ccc([N+](=O)[O-])cc1)C2(C)C. The van der Waals surface area contributed by atoms with Crippen LogP contribution in [0.2, 0.25) is 0 Å². The molecule has 2 aliphatic rings. The monoisotopic (exact) mass is 318 g/mol. The number of non-ortho nitro benzene ring substituents is 1. The Labute approximate surface area is 135 Å². The van der Waals surface area contributed by atoms with E-state index in [0.717, 1.165) is 17.4 Å². The van der Waals surface area contributed by atoms with Gasteiger partial charge in [0.1, 0.15) is 0 Å². The predicted molar refractivity (Wildman–Crippen MR) is 91.2 cm³/mol. The number of hydrogen-bond acceptors (Lipinski definition) is 4. The van der Waals surface area contributed by atoms with Crippen molar-refractivity contribution in [2.45, 2.75) is 38.9 Å². The van der Waals surface area contributed by atoms with Crippen molar-refractivity contribution in [3.8, 4) is 0 Å². The average molecular weight is 318 g/mol. The molecule has 5 heteroatoms. The molecule has 118 valence electrons. The Balaban J connectivity index is 1.57. The molecular weight excluding hydrogens is 296 g/mol. The van der Waals surface area contributed by atoms with E-state index in [1.165, 1.54) is 25.0 Å². The Morgan fingerprint density at radius 1 is 1.27 bits per heavy atom. The second-order valence-corrected chi connectivity index (χ2v) is 8.24. The molecule has 2 fully saturated rings. The first-order valence-corrected chi connectivity index (χ1v) is 8.67. The summed E-state index contributed by atoms with van der Waals surface area (Å²) in [6, 6.07) is 6.53. The molecule has 3 rings (SSSR count). The molecule has 1 aromatic carbocycles. The fourth-order valence-corrected chi connectivity index (χ4v) is 4.78. The lowest BCUT2D eigenvalue weighted by molar-refractivity contribution is -0.384. The Morgan fingerprint density at radius 2 is 1.91 bits per heavy atom. The van der Waals surface area contributed by atoms with Crippen molar-refractivity contribution >= 4 is 23.8 Å². The van der Waals surface area contributed by atoms with Crippen LogP contribution >= 0.6 is 11.9 Å². The quantitative estimate of drug-likeness (QED) is 0.349. The summed E-state index contributed by atoms with van der Waals surface area (Å²) in [7, 11) is 0. The molecule has 0 spiro atoms. The van der Waals surface area contributed by atoms with Crippen LogP contribution in [0, 0.1) is 33.3 Å². The number of nitro groups is 1. The summed E-state index contributed by atoms with van der Waals surface area (Å²) in [4.78, 5) is 10.2. The number of nitro benzene ring substituents is 1. The van der Waals surface area contributed by atoms with Crippen LogP contribution in [-0.4, -0.2) is 16.4 Å². The molecule has 0 N–H and O–H groups in total. The van der Waals surface area contributed by atoms with E-state index in [2.05, 4.69) is 25.2 Å². The van der Waals surface area contributed by atoms with Gasteiger partial charge in [-0.3, -0.25) is 10.1 Å². The van der Waals surface area contributed by atoms with Crippen molar-refractivity contribution in [1.29, 1.82) is 0 Å². The van der Waals surface area contributed by atoms with Gasteiger partial charge in [0.2, 0.25) is 0 Å². The standard InChI is InChI=1S/C17H22N2O2S/c1-11-8-14-15(17(14,2)3)9-16(11)22-18-10-12-4-6-13(7-5-12)19(20)21/h4-7,10-11,14-16H,8-9H2,1-3H3/b18-10+/t11-,14+,15-,16+/m1/s1. The second kappa shape index (κ2) is 5.69. The molecule has 0 aromatic heterocycles. The molecule has 22 heavy (non-hydrogen) atoms. The highest BCUT2D eigenvalue weighted by molar-refractivity contribution is 7.98. The van der Waals surface area contributed by atoms with Gasteiger partial charge in [-0.05, 0) is 65.7 Å². The van der Waals surface area contributed by atoms with E-state index in [-0.39, 0.29) is 10.6 Å². The summed E-state index contributed by atoms with van der Waals surface area (Å²) in [5, 5.41) is 11.2. The predicted octanol–water partition coefficient (Wildman–Crippen LogP) is 4.73. The minimum absolute atomic E-state index is 0.118. The Kier molecular flexibility index (Phi) is 4.02. The first-order chi connectivity index (χ1) is 10.4. The van der Waals surface area contributed by atoms with Gasteiger partial charge in [0.25, 0.3) is 5.69 Å². The van der Waals surface area contributed by atoms with Crippen LogP contribution < -0.4 is 0 Å². The maximum atomic E-state index is 10.6. The smallest absolute Gasteiger partial charge is 0.258 e. The molecule has 1 aromatic rings. The molecule has 4 atom stereocenters.